The predicted molar refractivity (Wildman–Crippen MR) is 83.4 cm³/mol. The second-order valence-corrected chi connectivity index (χ2v) is 5.87. The number of rotatable bonds is 5. The molecular weight excluding hydrogens is 264 g/mol. The van der Waals surface area contributed by atoms with Crippen LogP contribution >= 0.6 is 0 Å². The van der Waals surface area contributed by atoms with Crippen LogP contribution in [0.2, 0.25) is 0 Å². The van der Waals surface area contributed by atoms with Crippen LogP contribution in [-0.4, -0.2) is 36.3 Å². The molecule has 1 aromatic carbocycles. The molecular formula is C17H24N2O2. The van der Waals surface area contributed by atoms with Crippen molar-refractivity contribution in [3.63, 3.8) is 0 Å². The zero-order valence-corrected chi connectivity index (χ0v) is 13.2. The summed E-state index contributed by atoms with van der Waals surface area (Å²) in [4.78, 5) is 25.6. The van der Waals surface area contributed by atoms with Gasteiger partial charge in [-0.25, -0.2) is 0 Å². The number of aryl methyl sites for hydroxylation is 3. The maximum absolute atomic E-state index is 12.3. The number of nitrogens with one attached hydrogen (secondary N) is 1. The first-order valence-corrected chi connectivity index (χ1v) is 7.63. The molecule has 1 aliphatic rings. The lowest BCUT2D eigenvalue weighted by Crippen LogP contribution is -2.31. The van der Waals surface area contributed by atoms with Crippen LogP contribution in [0.4, 0.5) is 0 Å². The first-order valence-electron chi connectivity index (χ1n) is 7.63. The largest absolute Gasteiger partial charge is 0.352 e. The minimum Gasteiger partial charge on any atom is -0.352 e. The number of hydrogen-bond donors (Lipinski definition) is 1. The minimum absolute atomic E-state index is 0.0160. The van der Waals surface area contributed by atoms with Gasteiger partial charge >= 0.3 is 0 Å². The molecule has 114 valence electrons. The molecule has 4 nitrogen and oxygen atoms in total. The van der Waals surface area contributed by atoms with Crippen LogP contribution in [0.25, 0.3) is 0 Å². The van der Waals surface area contributed by atoms with E-state index < -0.39 is 0 Å². The molecule has 1 N–H and O–H groups in total. The number of nitrogens with zero attached hydrogens (tertiary/aromatic N) is 1. The van der Waals surface area contributed by atoms with Gasteiger partial charge in [0.25, 0.3) is 5.91 Å². The Morgan fingerprint density at radius 3 is 2.48 bits per heavy atom. The fourth-order valence-electron chi connectivity index (χ4n) is 3.04. The molecule has 0 saturated carbocycles. The van der Waals surface area contributed by atoms with E-state index in [1.807, 2.05) is 37.8 Å². The van der Waals surface area contributed by atoms with Gasteiger partial charge in [-0.15, -0.1) is 0 Å². The second-order valence-electron chi connectivity index (χ2n) is 5.87. The average Bonchev–Trinajstić information content (AvgIpc) is 2.79. The molecule has 0 atom stereocenters. The summed E-state index contributed by atoms with van der Waals surface area (Å²) in [6.45, 7) is 8.19. The monoisotopic (exact) mass is 288 g/mol. The SMILES string of the molecule is Cc1cc(C)c(C(=O)NCCCN2CCCC2=O)c(C)c1. The summed E-state index contributed by atoms with van der Waals surface area (Å²) in [6, 6.07) is 4.07. The van der Waals surface area contributed by atoms with E-state index in [4.69, 9.17) is 0 Å². The van der Waals surface area contributed by atoms with Crippen molar-refractivity contribution in [2.75, 3.05) is 19.6 Å². The van der Waals surface area contributed by atoms with Crippen molar-refractivity contribution >= 4 is 11.8 Å². The van der Waals surface area contributed by atoms with E-state index in [0.717, 1.165) is 42.6 Å². The van der Waals surface area contributed by atoms with Gasteiger partial charge in [0, 0.05) is 31.6 Å². The summed E-state index contributed by atoms with van der Waals surface area (Å²) in [7, 11) is 0. The molecule has 1 saturated heterocycles. The summed E-state index contributed by atoms with van der Waals surface area (Å²) in [5.74, 6) is 0.226. The van der Waals surface area contributed by atoms with Gasteiger partial charge in [-0.1, -0.05) is 17.7 Å². The number of carbonyl (C=O) groups excluding carboxylic acids is 2. The van der Waals surface area contributed by atoms with Crippen LogP contribution in [0.1, 0.15) is 46.3 Å². The highest BCUT2D eigenvalue weighted by Gasteiger charge is 2.19. The van der Waals surface area contributed by atoms with Crippen molar-refractivity contribution in [2.45, 2.75) is 40.0 Å². The first kappa shape index (κ1) is 15.5. The molecule has 0 radical (unpaired) electrons. The highest BCUT2D eigenvalue weighted by Crippen LogP contribution is 2.16. The Hall–Kier alpha value is -1.84. The van der Waals surface area contributed by atoms with Crippen molar-refractivity contribution < 1.29 is 9.59 Å². The molecule has 4 heteroatoms. The van der Waals surface area contributed by atoms with E-state index in [9.17, 15) is 9.59 Å². The lowest BCUT2D eigenvalue weighted by atomic mass is 9.99. The van der Waals surface area contributed by atoms with Crippen LogP contribution in [-0.2, 0) is 4.79 Å². The summed E-state index contributed by atoms with van der Waals surface area (Å²) >= 11 is 0. The van der Waals surface area contributed by atoms with E-state index >= 15 is 0 Å². The van der Waals surface area contributed by atoms with Gasteiger partial charge in [0.2, 0.25) is 5.91 Å². The number of carbonyl (C=O) groups is 2. The Morgan fingerprint density at radius 1 is 1.24 bits per heavy atom. The Balaban J connectivity index is 1.83. The molecule has 1 aromatic rings. The fourth-order valence-corrected chi connectivity index (χ4v) is 3.04. The Bertz CT molecular complexity index is 529. The van der Waals surface area contributed by atoms with E-state index in [0.29, 0.717) is 13.0 Å². The number of hydrogen-bond acceptors (Lipinski definition) is 2. The van der Waals surface area contributed by atoms with E-state index in [-0.39, 0.29) is 11.8 Å². The van der Waals surface area contributed by atoms with Crippen LogP contribution in [0.5, 0.6) is 0 Å². The number of likely N-dealkylation sites (tertiary alicyclic amines) is 1. The van der Waals surface area contributed by atoms with Crippen molar-refractivity contribution in [1.29, 1.82) is 0 Å². The van der Waals surface area contributed by atoms with E-state index in [1.165, 1.54) is 5.56 Å². The van der Waals surface area contributed by atoms with Crippen molar-refractivity contribution in [3.05, 3.63) is 34.4 Å². The molecule has 0 unspecified atom stereocenters. The summed E-state index contributed by atoms with van der Waals surface area (Å²) in [5, 5.41) is 2.96. The first-order chi connectivity index (χ1) is 9.99. The molecule has 0 bridgehead atoms. The van der Waals surface area contributed by atoms with Crippen molar-refractivity contribution in [3.8, 4) is 0 Å². The number of amides is 2. The normalized spacial score (nSPS) is 14.6. The maximum Gasteiger partial charge on any atom is 0.251 e. The quantitative estimate of drug-likeness (QED) is 0.846. The Kier molecular flexibility index (Phi) is 4.99. The summed E-state index contributed by atoms with van der Waals surface area (Å²) in [5.41, 5.74) is 3.98. The lowest BCUT2D eigenvalue weighted by molar-refractivity contribution is -0.127. The van der Waals surface area contributed by atoms with Gasteiger partial charge in [-0.3, -0.25) is 9.59 Å². The Labute approximate surface area is 126 Å². The summed E-state index contributed by atoms with van der Waals surface area (Å²) < 4.78 is 0. The van der Waals surface area contributed by atoms with Gasteiger partial charge in [0.05, 0.1) is 0 Å². The highest BCUT2D eigenvalue weighted by atomic mass is 16.2. The number of benzene rings is 1. The van der Waals surface area contributed by atoms with Gasteiger partial charge in [0.15, 0.2) is 0 Å². The van der Waals surface area contributed by atoms with Crippen LogP contribution < -0.4 is 5.32 Å². The van der Waals surface area contributed by atoms with Gasteiger partial charge in [-0.05, 0) is 44.7 Å². The molecule has 1 aliphatic heterocycles. The third-order valence-electron chi connectivity index (χ3n) is 3.97. The van der Waals surface area contributed by atoms with E-state index in [2.05, 4.69) is 5.32 Å². The van der Waals surface area contributed by atoms with Crippen LogP contribution in [0.15, 0.2) is 12.1 Å². The maximum atomic E-state index is 12.3. The third kappa shape index (κ3) is 3.84. The lowest BCUT2D eigenvalue weighted by Gasteiger charge is -2.16. The highest BCUT2D eigenvalue weighted by molar-refractivity contribution is 5.97. The minimum atomic E-state index is -0.0160. The zero-order chi connectivity index (χ0) is 15.4. The van der Waals surface area contributed by atoms with Crippen LogP contribution in [0, 0.1) is 20.8 Å². The second kappa shape index (κ2) is 6.74. The van der Waals surface area contributed by atoms with Crippen molar-refractivity contribution in [2.24, 2.45) is 0 Å². The average molecular weight is 288 g/mol. The van der Waals surface area contributed by atoms with Gasteiger partial charge < -0.3 is 10.2 Å². The molecule has 0 spiro atoms. The van der Waals surface area contributed by atoms with Gasteiger partial charge in [0.1, 0.15) is 0 Å². The van der Waals surface area contributed by atoms with Gasteiger partial charge in [-0.2, -0.15) is 0 Å². The molecule has 0 aromatic heterocycles. The zero-order valence-electron chi connectivity index (χ0n) is 13.2. The topological polar surface area (TPSA) is 49.4 Å². The van der Waals surface area contributed by atoms with E-state index in [1.54, 1.807) is 0 Å². The third-order valence-corrected chi connectivity index (χ3v) is 3.97. The molecule has 1 heterocycles. The molecule has 2 amide bonds. The predicted octanol–water partition coefficient (Wildman–Crippen LogP) is 2.35. The molecule has 0 aliphatic carbocycles. The summed E-state index contributed by atoms with van der Waals surface area (Å²) in [6.07, 6.45) is 2.45. The molecule has 1 fully saturated rings. The smallest absolute Gasteiger partial charge is 0.251 e. The van der Waals surface area contributed by atoms with Crippen LogP contribution in [0.3, 0.4) is 0 Å². The molecule has 2 rings (SSSR count). The Morgan fingerprint density at radius 2 is 1.90 bits per heavy atom. The fraction of sp³-hybridized carbons (Fsp3) is 0.529. The van der Waals surface area contributed by atoms with Crippen molar-refractivity contribution in [1.82, 2.24) is 10.2 Å². The standard InChI is InChI=1S/C17H24N2O2/c1-12-10-13(2)16(14(3)11-12)17(21)18-7-5-9-19-8-4-6-15(19)20/h10-11H,4-9H2,1-3H3,(H,18,21). The molecule has 21 heavy (non-hydrogen) atoms.